The van der Waals surface area contributed by atoms with Gasteiger partial charge in [0.2, 0.25) is 0 Å². The molecule has 1 aliphatic carbocycles. The number of hydrogen-bond acceptors (Lipinski definition) is 5. The molecular formula is C33H33NO4. The standard InChI is InChI=1S/C33H33NO4/c1-21(2)38-33(36)30-22(3)34-27-18-25(24-14-8-5-9-15-24)19-28(35)32(27)31(30)26-16-10-11-17-29(26)37-20-23-12-6-4-7-13-23/h4-17,21,25,31,34H,18-20H2,1-3H3/t25-,31+/m0/s1. The van der Waals surface area contributed by atoms with E-state index in [1.807, 2.05) is 93.6 Å². The molecule has 0 radical (unpaired) electrons. The minimum absolute atomic E-state index is 0.0396. The molecule has 5 heteroatoms. The summed E-state index contributed by atoms with van der Waals surface area (Å²) in [6.45, 7) is 5.93. The van der Waals surface area contributed by atoms with Gasteiger partial charge in [-0.05, 0) is 50.3 Å². The molecule has 0 spiro atoms. The van der Waals surface area contributed by atoms with Crippen molar-refractivity contribution in [1.29, 1.82) is 0 Å². The lowest BCUT2D eigenvalue weighted by Gasteiger charge is -2.37. The number of Topliss-reactive ketones (excluding diaryl/α,β-unsaturated/α-hetero) is 1. The van der Waals surface area contributed by atoms with Gasteiger partial charge < -0.3 is 14.8 Å². The molecule has 5 rings (SSSR count). The largest absolute Gasteiger partial charge is 0.489 e. The Morgan fingerprint density at radius 2 is 1.58 bits per heavy atom. The maximum absolute atomic E-state index is 13.9. The van der Waals surface area contributed by atoms with Gasteiger partial charge in [0.25, 0.3) is 0 Å². The van der Waals surface area contributed by atoms with Gasteiger partial charge in [0.1, 0.15) is 12.4 Å². The van der Waals surface area contributed by atoms with Crippen LogP contribution in [-0.4, -0.2) is 17.9 Å². The van der Waals surface area contributed by atoms with E-state index in [0.717, 1.165) is 22.4 Å². The minimum Gasteiger partial charge on any atom is -0.489 e. The van der Waals surface area contributed by atoms with Crippen LogP contribution in [0, 0.1) is 0 Å². The van der Waals surface area contributed by atoms with Crippen LogP contribution < -0.4 is 10.1 Å². The SMILES string of the molecule is CC1=C(C(=O)OC(C)C)[C@@H](c2ccccc2OCc2ccccc2)C2=C(C[C@H](c3ccccc3)CC2=O)N1. The van der Waals surface area contributed by atoms with Crippen molar-refractivity contribution >= 4 is 11.8 Å². The lowest BCUT2D eigenvalue weighted by molar-refractivity contribution is -0.143. The maximum atomic E-state index is 13.9. The van der Waals surface area contributed by atoms with Crippen LogP contribution in [0.25, 0.3) is 0 Å². The Hall–Kier alpha value is -4.12. The monoisotopic (exact) mass is 507 g/mol. The van der Waals surface area contributed by atoms with E-state index >= 15 is 0 Å². The van der Waals surface area contributed by atoms with E-state index in [9.17, 15) is 9.59 Å². The van der Waals surface area contributed by atoms with Crippen LogP contribution in [0.4, 0.5) is 0 Å². The van der Waals surface area contributed by atoms with E-state index in [2.05, 4.69) is 17.4 Å². The van der Waals surface area contributed by atoms with Crippen molar-refractivity contribution in [2.75, 3.05) is 0 Å². The molecule has 1 aliphatic heterocycles. The second kappa shape index (κ2) is 11.1. The first kappa shape index (κ1) is 25.5. The van der Waals surface area contributed by atoms with Crippen molar-refractivity contribution in [2.24, 2.45) is 0 Å². The van der Waals surface area contributed by atoms with Gasteiger partial charge in [0, 0.05) is 29.0 Å². The molecule has 2 atom stereocenters. The highest BCUT2D eigenvalue weighted by Gasteiger charge is 2.42. The van der Waals surface area contributed by atoms with Crippen LogP contribution in [0.2, 0.25) is 0 Å². The third kappa shape index (κ3) is 5.28. The molecule has 0 unspecified atom stereocenters. The molecule has 0 saturated carbocycles. The summed E-state index contributed by atoms with van der Waals surface area (Å²) in [6.07, 6.45) is 0.797. The van der Waals surface area contributed by atoms with Gasteiger partial charge in [-0.25, -0.2) is 4.79 Å². The first-order valence-corrected chi connectivity index (χ1v) is 13.2. The van der Waals surface area contributed by atoms with E-state index in [1.54, 1.807) is 0 Å². The molecule has 1 heterocycles. The van der Waals surface area contributed by atoms with E-state index < -0.39 is 11.9 Å². The van der Waals surface area contributed by atoms with Gasteiger partial charge in [-0.3, -0.25) is 4.79 Å². The minimum atomic E-state index is -0.575. The van der Waals surface area contributed by atoms with Crippen LogP contribution in [0.5, 0.6) is 5.75 Å². The van der Waals surface area contributed by atoms with Crippen molar-refractivity contribution in [3.63, 3.8) is 0 Å². The summed E-state index contributed by atoms with van der Waals surface area (Å²) >= 11 is 0. The normalized spacial score (nSPS) is 19.2. The zero-order valence-corrected chi connectivity index (χ0v) is 22.1. The molecule has 0 aromatic heterocycles. The zero-order valence-electron chi connectivity index (χ0n) is 22.1. The lowest BCUT2D eigenvalue weighted by Crippen LogP contribution is -2.36. The Morgan fingerprint density at radius 3 is 2.29 bits per heavy atom. The molecule has 194 valence electrons. The topological polar surface area (TPSA) is 64.6 Å². The molecule has 5 nitrogen and oxygen atoms in total. The van der Waals surface area contributed by atoms with Gasteiger partial charge in [0.05, 0.1) is 17.6 Å². The highest BCUT2D eigenvalue weighted by Crippen LogP contribution is 2.47. The van der Waals surface area contributed by atoms with Crippen molar-refractivity contribution in [3.05, 3.63) is 124 Å². The maximum Gasteiger partial charge on any atom is 0.337 e. The van der Waals surface area contributed by atoms with E-state index in [0.29, 0.717) is 42.0 Å². The number of hydrogen-bond donors (Lipinski definition) is 1. The smallest absolute Gasteiger partial charge is 0.337 e. The van der Waals surface area contributed by atoms with Crippen molar-refractivity contribution in [3.8, 4) is 5.75 Å². The summed E-state index contributed by atoms with van der Waals surface area (Å²) in [4.78, 5) is 27.3. The van der Waals surface area contributed by atoms with Crippen molar-refractivity contribution < 1.29 is 19.1 Å². The summed E-state index contributed by atoms with van der Waals surface area (Å²) in [7, 11) is 0. The van der Waals surface area contributed by atoms with Gasteiger partial charge in [-0.15, -0.1) is 0 Å². The Kier molecular flexibility index (Phi) is 7.45. The van der Waals surface area contributed by atoms with Gasteiger partial charge in [-0.2, -0.15) is 0 Å². The Bertz CT molecular complexity index is 1390. The highest BCUT2D eigenvalue weighted by atomic mass is 16.5. The average Bonchev–Trinajstić information content (AvgIpc) is 2.92. The summed E-state index contributed by atoms with van der Waals surface area (Å²) < 4.78 is 12.0. The average molecular weight is 508 g/mol. The number of allylic oxidation sites excluding steroid dienone is 3. The van der Waals surface area contributed by atoms with Gasteiger partial charge >= 0.3 is 5.97 Å². The number of rotatable bonds is 7. The number of ketones is 1. The van der Waals surface area contributed by atoms with Crippen molar-refractivity contribution in [2.45, 2.75) is 58.2 Å². The number of ether oxygens (including phenoxy) is 2. The number of carbonyl (C=O) groups is 2. The summed E-state index contributed by atoms with van der Waals surface area (Å²) in [6, 6.07) is 27.8. The molecule has 2 aliphatic rings. The third-order valence-corrected chi connectivity index (χ3v) is 7.13. The summed E-state index contributed by atoms with van der Waals surface area (Å²) in [5.41, 5.74) is 5.64. The Balaban J connectivity index is 1.58. The van der Waals surface area contributed by atoms with Crippen molar-refractivity contribution in [1.82, 2.24) is 5.32 Å². The third-order valence-electron chi connectivity index (χ3n) is 7.13. The fraction of sp³-hybridized carbons (Fsp3) is 0.273. The predicted octanol–water partition coefficient (Wildman–Crippen LogP) is 6.58. The number of esters is 1. The van der Waals surface area contributed by atoms with Crippen LogP contribution in [0.15, 0.2) is 107 Å². The van der Waals surface area contributed by atoms with E-state index in [1.165, 1.54) is 0 Å². The highest BCUT2D eigenvalue weighted by molar-refractivity contribution is 6.04. The zero-order chi connectivity index (χ0) is 26.6. The van der Waals surface area contributed by atoms with Crippen LogP contribution in [0.1, 0.15) is 62.1 Å². The number of carbonyl (C=O) groups excluding carboxylic acids is 2. The van der Waals surface area contributed by atoms with Gasteiger partial charge in [0.15, 0.2) is 5.78 Å². The Morgan fingerprint density at radius 1 is 0.921 bits per heavy atom. The number of dihydropyridines is 1. The molecule has 3 aromatic rings. The first-order chi connectivity index (χ1) is 18.4. The number of para-hydroxylation sites is 1. The lowest BCUT2D eigenvalue weighted by atomic mass is 9.71. The molecular weight excluding hydrogens is 474 g/mol. The molecule has 0 saturated heterocycles. The molecule has 0 bridgehead atoms. The van der Waals surface area contributed by atoms with Crippen LogP contribution in [0.3, 0.4) is 0 Å². The molecule has 38 heavy (non-hydrogen) atoms. The first-order valence-electron chi connectivity index (χ1n) is 13.2. The molecule has 0 fully saturated rings. The van der Waals surface area contributed by atoms with Crippen LogP contribution in [-0.2, 0) is 20.9 Å². The Labute approximate surface area is 224 Å². The predicted molar refractivity (Wildman–Crippen MR) is 147 cm³/mol. The fourth-order valence-corrected chi connectivity index (χ4v) is 5.44. The quantitative estimate of drug-likeness (QED) is 0.366. The van der Waals surface area contributed by atoms with E-state index in [4.69, 9.17) is 9.47 Å². The number of nitrogens with one attached hydrogen (secondary N) is 1. The summed E-state index contributed by atoms with van der Waals surface area (Å²) in [5.74, 6) is -0.225. The summed E-state index contributed by atoms with van der Waals surface area (Å²) in [5, 5.41) is 3.43. The van der Waals surface area contributed by atoms with E-state index in [-0.39, 0.29) is 17.8 Å². The molecule has 1 N–H and O–H groups in total. The molecule has 0 amide bonds. The second-order valence-electron chi connectivity index (χ2n) is 10.2. The fourth-order valence-electron chi connectivity index (χ4n) is 5.44. The molecule has 3 aromatic carbocycles. The van der Waals surface area contributed by atoms with Crippen LogP contribution >= 0.6 is 0 Å². The second-order valence-corrected chi connectivity index (χ2v) is 10.2. The van der Waals surface area contributed by atoms with Gasteiger partial charge in [-0.1, -0.05) is 78.9 Å². The number of benzene rings is 3.